The van der Waals surface area contributed by atoms with Gasteiger partial charge in [0.15, 0.2) is 0 Å². The predicted octanol–water partition coefficient (Wildman–Crippen LogP) is 3.93. The standard InChI is InChI=1S/C22H23F3N2O2/c1-16-4-2-5-18(14-16)21(29)27-11-3-10-26(12-13-27)20(28)15-17-6-8-19(9-7-17)22(23,24)25/h2,4-9,14H,3,10-13,15H2,1H3. The van der Waals surface area contributed by atoms with E-state index in [1.54, 1.807) is 15.9 Å². The van der Waals surface area contributed by atoms with Crippen molar-refractivity contribution >= 4 is 11.8 Å². The van der Waals surface area contributed by atoms with Crippen LogP contribution in [0.4, 0.5) is 13.2 Å². The predicted molar refractivity (Wildman–Crippen MR) is 103 cm³/mol. The van der Waals surface area contributed by atoms with Crippen LogP contribution < -0.4 is 0 Å². The molecule has 1 aliphatic rings. The molecular weight excluding hydrogens is 381 g/mol. The summed E-state index contributed by atoms with van der Waals surface area (Å²) in [7, 11) is 0. The Morgan fingerprint density at radius 3 is 2.24 bits per heavy atom. The van der Waals surface area contributed by atoms with E-state index in [2.05, 4.69) is 0 Å². The van der Waals surface area contributed by atoms with Gasteiger partial charge in [-0.15, -0.1) is 0 Å². The minimum atomic E-state index is -4.39. The van der Waals surface area contributed by atoms with Crippen LogP contribution in [0.15, 0.2) is 48.5 Å². The van der Waals surface area contributed by atoms with E-state index in [-0.39, 0.29) is 18.2 Å². The fraction of sp³-hybridized carbons (Fsp3) is 0.364. The second-order valence-corrected chi connectivity index (χ2v) is 7.27. The average molecular weight is 404 g/mol. The first-order valence-electron chi connectivity index (χ1n) is 9.54. The van der Waals surface area contributed by atoms with Gasteiger partial charge in [-0.3, -0.25) is 9.59 Å². The Morgan fingerprint density at radius 1 is 0.931 bits per heavy atom. The minimum Gasteiger partial charge on any atom is -0.341 e. The normalized spacial score (nSPS) is 15.2. The summed E-state index contributed by atoms with van der Waals surface area (Å²) in [5.74, 6) is -0.194. The molecule has 29 heavy (non-hydrogen) atoms. The van der Waals surface area contributed by atoms with E-state index >= 15 is 0 Å². The van der Waals surface area contributed by atoms with Gasteiger partial charge < -0.3 is 9.80 Å². The van der Waals surface area contributed by atoms with Gasteiger partial charge in [0.25, 0.3) is 5.91 Å². The van der Waals surface area contributed by atoms with E-state index in [1.807, 2.05) is 25.1 Å². The number of halogens is 3. The summed E-state index contributed by atoms with van der Waals surface area (Å²) in [6.45, 7) is 3.87. The van der Waals surface area contributed by atoms with Crippen LogP contribution in [-0.4, -0.2) is 47.8 Å². The highest BCUT2D eigenvalue weighted by molar-refractivity contribution is 5.94. The van der Waals surface area contributed by atoms with Crippen LogP contribution in [-0.2, 0) is 17.4 Å². The summed E-state index contributed by atoms with van der Waals surface area (Å²) in [6.07, 6.45) is -3.68. The number of rotatable bonds is 3. The van der Waals surface area contributed by atoms with Crippen LogP contribution >= 0.6 is 0 Å². The zero-order chi connectivity index (χ0) is 21.0. The summed E-state index contributed by atoms with van der Waals surface area (Å²) in [5.41, 5.74) is 1.46. The molecule has 1 fully saturated rings. The number of benzene rings is 2. The summed E-state index contributed by atoms with van der Waals surface area (Å²) >= 11 is 0. The van der Waals surface area contributed by atoms with Crippen LogP contribution in [0.3, 0.4) is 0 Å². The third kappa shape index (κ3) is 5.37. The topological polar surface area (TPSA) is 40.6 Å². The maximum Gasteiger partial charge on any atom is 0.416 e. The van der Waals surface area contributed by atoms with Gasteiger partial charge in [-0.05, 0) is 43.2 Å². The van der Waals surface area contributed by atoms with Gasteiger partial charge in [-0.1, -0.05) is 29.8 Å². The second kappa shape index (κ2) is 8.68. The molecule has 2 aromatic rings. The van der Waals surface area contributed by atoms with Gasteiger partial charge in [-0.25, -0.2) is 0 Å². The fourth-order valence-corrected chi connectivity index (χ4v) is 3.43. The van der Waals surface area contributed by atoms with Crippen molar-refractivity contribution in [2.75, 3.05) is 26.2 Å². The Kier molecular flexibility index (Phi) is 6.25. The lowest BCUT2D eigenvalue weighted by Crippen LogP contribution is -2.38. The summed E-state index contributed by atoms with van der Waals surface area (Å²) in [6, 6.07) is 12.1. The van der Waals surface area contributed by atoms with Gasteiger partial charge in [0.05, 0.1) is 12.0 Å². The van der Waals surface area contributed by atoms with Crippen molar-refractivity contribution in [3.05, 3.63) is 70.8 Å². The molecule has 0 radical (unpaired) electrons. The van der Waals surface area contributed by atoms with Crippen LogP contribution in [0, 0.1) is 6.92 Å². The minimum absolute atomic E-state index is 0.0456. The molecule has 3 rings (SSSR count). The molecule has 2 amide bonds. The lowest BCUT2D eigenvalue weighted by molar-refractivity contribution is -0.137. The largest absolute Gasteiger partial charge is 0.416 e. The molecule has 4 nitrogen and oxygen atoms in total. The molecular formula is C22H23F3N2O2. The zero-order valence-corrected chi connectivity index (χ0v) is 16.2. The molecule has 0 bridgehead atoms. The Bertz CT molecular complexity index is 878. The van der Waals surface area contributed by atoms with Crippen molar-refractivity contribution in [1.29, 1.82) is 0 Å². The SMILES string of the molecule is Cc1cccc(C(=O)N2CCCN(C(=O)Cc3ccc(C(F)(F)F)cc3)CC2)c1. The van der Waals surface area contributed by atoms with Crippen LogP contribution in [0.5, 0.6) is 0 Å². The molecule has 0 spiro atoms. The van der Waals surface area contributed by atoms with E-state index in [1.165, 1.54) is 12.1 Å². The number of carbonyl (C=O) groups is 2. The smallest absolute Gasteiger partial charge is 0.341 e. The summed E-state index contributed by atoms with van der Waals surface area (Å²) in [4.78, 5) is 28.7. The number of amides is 2. The lowest BCUT2D eigenvalue weighted by Gasteiger charge is -2.22. The lowest BCUT2D eigenvalue weighted by atomic mass is 10.1. The first-order chi connectivity index (χ1) is 13.7. The van der Waals surface area contributed by atoms with Gasteiger partial charge >= 0.3 is 6.18 Å². The fourth-order valence-electron chi connectivity index (χ4n) is 3.43. The molecule has 0 unspecified atom stereocenters. The summed E-state index contributed by atoms with van der Waals surface area (Å²) in [5, 5.41) is 0. The molecule has 2 aromatic carbocycles. The van der Waals surface area contributed by atoms with Crippen LogP contribution in [0.25, 0.3) is 0 Å². The van der Waals surface area contributed by atoms with Gasteiger partial charge in [-0.2, -0.15) is 13.2 Å². The maximum absolute atomic E-state index is 12.7. The van der Waals surface area contributed by atoms with Crippen molar-refractivity contribution in [2.24, 2.45) is 0 Å². The highest BCUT2D eigenvalue weighted by Gasteiger charge is 2.30. The molecule has 154 valence electrons. The molecule has 0 saturated carbocycles. The Morgan fingerprint density at radius 2 is 1.59 bits per heavy atom. The number of carbonyl (C=O) groups excluding carboxylic acids is 2. The van der Waals surface area contributed by atoms with E-state index in [0.29, 0.717) is 43.7 Å². The molecule has 1 aliphatic heterocycles. The van der Waals surface area contributed by atoms with Gasteiger partial charge in [0.2, 0.25) is 5.91 Å². The summed E-state index contributed by atoms with van der Waals surface area (Å²) < 4.78 is 38.0. The van der Waals surface area contributed by atoms with Gasteiger partial charge in [0, 0.05) is 31.7 Å². The molecule has 0 atom stereocenters. The van der Waals surface area contributed by atoms with Crippen molar-refractivity contribution in [3.8, 4) is 0 Å². The Balaban J connectivity index is 1.59. The van der Waals surface area contributed by atoms with Crippen molar-refractivity contribution in [1.82, 2.24) is 9.80 Å². The molecule has 1 heterocycles. The van der Waals surface area contributed by atoms with E-state index in [0.717, 1.165) is 17.7 Å². The Hall–Kier alpha value is -2.83. The number of hydrogen-bond donors (Lipinski definition) is 0. The zero-order valence-electron chi connectivity index (χ0n) is 16.2. The average Bonchev–Trinajstić information content (AvgIpc) is 2.93. The molecule has 0 aliphatic carbocycles. The van der Waals surface area contributed by atoms with Crippen molar-refractivity contribution in [2.45, 2.75) is 25.9 Å². The molecule has 0 N–H and O–H groups in total. The second-order valence-electron chi connectivity index (χ2n) is 7.27. The van der Waals surface area contributed by atoms with Crippen molar-refractivity contribution in [3.63, 3.8) is 0 Å². The highest BCUT2D eigenvalue weighted by Crippen LogP contribution is 2.29. The first-order valence-corrected chi connectivity index (χ1v) is 9.54. The monoisotopic (exact) mass is 404 g/mol. The van der Waals surface area contributed by atoms with Crippen molar-refractivity contribution < 1.29 is 22.8 Å². The third-order valence-electron chi connectivity index (χ3n) is 5.04. The van der Waals surface area contributed by atoms with Crippen LogP contribution in [0.2, 0.25) is 0 Å². The number of aryl methyl sites for hydroxylation is 1. The number of hydrogen-bond acceptors (Lipinski definition) is 2. The van der Waals surface area contributed by atoms with Gasteiger partial charge in [0.1, 0.15) is 0 Å². The Labute approximate surface area is 167 Å². The van der Waals surface area contributed by atoms with Crippen LogP contribution in [0.1, 0.15) is 33.5 Å². The molecule has 0 aromatic heterocycles. The first kappa shape index (κ1) is 20.9. The third-order valence-corrected chi connectivity index (χ3v) is 5.04. The highest BCUT2D eigenvalue weighted by atomic mass is 19.4. The number of alkyl halides is 3. The van der Waals surface area contributed by atoms with E-state index in [4.69, 9.17) is 0 Å². The molecule has 1 saturated heterocycles. The van der Waals surface area contributed by atoms with E-state index in [9.17, 15) is 22.8 Å². The quantitative estimate of drug-likeness (QED) is 0.778. The maximum atomic E-state index is 12.7. The number of nitrogens with zero attached hydrogens (tertiary/aromatic N) is 2. The van der Waals surface area contributed by atoms with E-state index < -0.39 is 11.7 Å². The molecule has 7 heteroatoms.